The molecular formula is C14H27N3O. The minimum absolute atomic E-state index is 0.336. The summed E-state index contributed by atoms with van der Waals surface area (Å²) in [4.78, 5) is 4.92. The van der Waals surface area contributed by atoms with Crippen molar-refractivity contribution in [2.45, 2.75) is 31.8 Å². The molecular weight excluding hydrogens is 226 g/mol. The number of nitrogens with one attached hydrogen (secondary N) is 1. The summed E-state index contributed by atoms with van der Waals surface area (Å²) in [5.41, 5.74) is 0. The van der Waals surface area contributed by atoms with E-state index in [1.807, 2.05) is 0 Å². The molecule has 0 spiro atoms. The van der Waals surface area contributed by atoms with E-state index < -0.39 is 0 Å². The molecule has 0 aliphatic carbocycles. The summed E-state index contributed by atoms with van der Waals surface area (Å²) in [6.07, 6.45) is 4.57. The molecule has 2 heterocycles. The predicted molar refractivity (Wildman–Crippen MR) is 74.6 cm³/mol. The maximum Gasteiger partial charge on any atom is 0.111 e. The molecule has 18 heavy (non-hydrogen) atoms. The Bertz CT molecular complexity index is 293. The lowest BCUT2D eigenvalue weighted by Gasteiger charge is -2.35. The molecule has 0 aromatic rings. The number of hydrogen-bond donors (Lipinski definition) is 1. The molecule has 2 unspecified atom stereocenters. The van der Waals surface area contributed by atoms with Gasteiger partial charge >= 0.3 is 0 Å². The second-order valence-corrected chi connectivity index (χ2v) is 5.44. The van der Waals surface area contributed by atoms with Gasteiger partial charge in [-0.2, -0.15) is 0 Å². The van der Waals surface area contributed by atoms with Crippen LogP contribution in [0.2, 0.25) is 0 Å². The van der Waals surface area contributed by atoms with E-state index in [0.29, 0.717) is 12.1 Å². The summed E-state index contributed by atoms with van der Waals surface area (Å²) in [5.74, 6) is 1.16. The third-order valence-corrected chi connectivity index (χ3v) is 3.96. The molecule has 0 radical (unpaired) electrons. The molecule has 2 aliphatic heterocycles. The Kier molecular flexibility index (Phi) is 5.03. The Morgan fingerprint density at radius 3 is 2.94 bits per heavy atom. The Hall–Kier alpha value is -0.580. The van der Waals surface area contributed by atoms with E-state index >= 15 is 0 Å². The van der Waals surface area contributed by atoms with Crippen LogP contribution < -0.4 is 5.32 Å². The van der Waals surface area contributed by atoms with E-state index in [-0.39, 0.29) is 0 Å². The van der Waals surface area contributed by atoms with E-state index in [2.05, 4.69) is 42.2 Å². The zero-order chi connectivity index (χ0) is 13.0. The monoisotopic (exact) mass is 253 g/mol. The third-order valence-electron chi connectivity index (χ3n) is 3.96. The lowest BCUT2D eigenvalue weighted by Crippen LogP contribution is -2.53. The van der Waals surface area contributed by atoms with E-state index in [1.54, 1.807) is 0 Å². The van der Waals surface area contributed by atoms with Crippen LogP contribution in [0.4, 0.5) is 0 Å². The molecule has 2 aliphatic rings. The fourth-order valence-electron chi connectivity index (χ4n) is 2.97. The largest absolute Gasteiger partial charge is 0.496 e. The molecule has 0 bridgehead atoms. The van der Waals surface area contributed by atoms with Crippen molar-refractivity contribution in [2.75, 3.05) is 46.9 Å². The molecule has 4 nitrogen and oxygen atoms in total. The Morgan fingerprint density at radius 2 is 2.28 bits per heavy atom. The second kappa shape index (κ2) is 6.55. The summed E-state index contributed by atoms with van der Waals surface area (Å²) in [5, 5.41) is 3.61. The highest BCUT2D eigenvalue weighted by Crippen LogP contribution is 2.20. The smallest absolute Gasteiger partial charge is 0.111 e. The Labute approximate surface area is 111 Å². The van der Waals surface area contributed by atoms with Crippen LogP contribution >= 0.6 is 0 Å². The number of rotatable bonds is 4. The topological polar surface area (TPSA) is 27.7 Å². The molecule has 2 atom stereocenters. The van der Waals surface area contributed by atoms with Crippen LogP contribution in [0.1, 0.15) is 19.8 Å². The molecule has 4 heteroatoms. The number of nitrogens with zero attached hydrogens (tertiary/aromatic N) is 2. The summed E-state index contributed by atoms with van der Waals surface area (Å²) in [7, 11) is 4.46. The quantitative estimate of drug-likeness (QED) is 0.806. The predicted octanol–water partition coefficient (Wildman–Crippen LogP) is 0.905. The Morgan fingerprint density at radius 1 is 1.44 bits per heavy atom. The van der Waals surface area contributed by atoms with Crippen LogP contribution in [0, 0.1) is 0 Å². The van der Waals surface area contributed by atoms with Gasteiger partial charge in [0.1, 0.15) is 5.76 Å². The van der Waals surface area contributed by atoms with Gasteiger partial charge in [0.25, 0.3) is 0 Å². The van der Waals surface area contributed by atoms with Crippen molar-refractivity contribution in [1.29, 1.82) is 0 Å². The van der Waals surface area contributed by atoms with Crippen molar-refractivity contribution in [2.24, 2.45) is 0 Å². The van der Waals surface area contributed by atoms with Gasteiger partial charge in [0.15, 0.2) is 0 Å². The highest BCUT2D eigenvalue weighted by molar-refractivity contribution is 5.12. The van der Waals surface area contributed by atoms with Crippen molar-refractivity contribution < 1.29 is 4.74 Å². The minimum atomic E-state index is 0.336. The molecule has 0 aromatic carbocycles. The van der Waals surface area contributed by atoms with Gasteiger partial charge in [0.2, 0.25) is 0 Å². The maximum absolute atomic E-state index is 5.80. The standard InChI is InChI=1S/C14H27N3O/c1-4-15-14(13-7-5-10-18-13)12-11-16(2)8-6-9-17(12)3/h7,12,14-15H,4-6,8-11H2,1-3H3. The van der Waals surface area contributed by atoms with Crippen molar-refractivity contribution in [1.82, 2.24) is 15.1 Å². The van der Waals surface area contributed by atoms with Crippen molar-refractivity contribution in [3.8, 4) is 0 Å². The maximum atomic E-state index is 5.80. The van der Waals surface area contributed by atoms with Gasteiger partial charge < -0.3 is 19.9 Å². The lowest BCUT2D eigenvalue weighted by atomic mass is 10.0. The number of likely N-dealkylation sites (N-methyl/N-ethyl adjacent to an activating group) is 3. The first-order valence-electron chi connectivity index (χ1n) is 7.17. The first-order valence-corrected chi connectivity index (χ1v) is 7.17. The molecule has 2 rings (SSSR count). The Balaban J connectivity index is 2.11. The first kappa shape index (κ1) is 13.8. The van der Waals surface area contributed by atoms with Crippen LogP contribution in [-0.4, -0.2) is 68.8 Å². The van der Waals surface area contributed by atoms with Gasteiger partial charge in [-0.25, -0.2) is 0 Å². The molecule has 1 N–H and O–H groups in total. The normalized spacial score (nSPS) is 28.6. The van der Waals surface area contributed by atoms with Crippen molar-refractivity contribution in [3.63, 3.8) is 0 Å². The van der Waals surface area contributed by atoms with Crippen molar-refractivity contribution >= 4 is 0 Å². The van der Waals surface area contributed by atoms with Gasteiger partial charge in [0.05, 0.1) is 12.6 Å². The van der Waals surface area contributed by atoms with Gasteiger partial charge in [-0.1, -0.05) is 6.92 Å². The molecule has 0 saturated carbocycles. The van der Waals surface area contributed by atoms with Gasteiger partial charge in [-0.15, -0.1) is 0 Å². The highest BCUT2D eigenvalue weighted by atomic mass is 16.5. The zero-order valence-corrected chi connectivity index (χ0v) is 12.0. The van der Waals surface area contributed by atoms with Crippen LogP contribution in [-0.2, 0) is 4.74 Å². The minimum Gasteiger partial charge on any atom is -0.496 e. The molecule has 0 aromatic heterocycles. The fourth-order valence-corrected chi connectivity index (χ4v) is 2.97. The molecule has 1 fully saturated rings. The van der Waals surface area contributed by atoms with Gasteiger partial charge in [0, 0.05) is 19.0 Å². The second-order valence-electron chi connectivity index (χ2n) is 5.44. The summed E-state index contributed by atoms with van der Waals surface area (Å²) in [6, 6.07) is 0.838. The van der Waals surface area contributed by atoms with Gasteiger partial charge in [-0.3, -0.25) is 0 Å². The lowest BCUT2D eigenvalue weighted by molar-refractivity contribution is 0.142. The summed E-state index contributed by atoms with van der Waals surface area (Å²) >= 11 is 0. The first-order chi connectivity index (χ1) is 8.72. The van der Waals surface area contributed by atoms with E-state index in [1.165, 1.54) is 19.5 Å². The highest BCUT2D eigenvalue weighted by Gasteiger charge is 2.32. The molecule has 0 amide bonds. The van der Waals surface area contributed by atoms with Crippen LogP contribution in [0.25, 0.3) is 0 Å². The SMILES string of the molecule is CCNC(C1=CCCO1)C1CN(C)CCCN1C. The number of hydrogen-bond acceptors (Lipinski definition) is 4. The van der Waals surface area contributed by atoms with Gasteiger partial charge in [-0.05, 0) is 46.2 Å². The van der Waals surface area contributed by atoms with Crippen LogP contribution in [0.3, 0.4) is 0 Å². The zero-order valence-electron chi connectivity index (χ0n) is 12.0. The fraction of sp³-hybridized carbons (Fsp3) is 0.857. The van der Waals surface area contributed by atoms with E-state index in [4.69, 9.17) is 4.74 Å². The number of ether oxygens (including phenoxy) is 1. The molecule has 1 saturated heterocycles. The average Bonchev–Trinajstić information content (AvgIpc) is 2.81. The van der Waals surface area contributed by atoms with Crippen LogP contribution in [0.15, 0.2) is 11.8 Å². The van der Waals surface area contributed by atoms with Crippen LogP contribution in [0.5, 0.6) is 0 Å². The average molecular weight is 253 g/mol. The third kappa shape index (κ3) is 3.25. The summed E-state index contributed by atoms with van der Waals surface area (Å²) < 4.78 is 5.80. The molecule has 104 valence electrons. The van der Waals surface area contributed by atoms with E-state index in [9.17, 15) is 0 Å². The summed E-state index contributed by atoms with van der Waals surface area (Å²) in [6.45, 7) is 7.48. The van der Waals surface area contributed by atoms with E-state index in [0.717, 1.165) is 31.9 Å². The van der Waals surface area contributed by atoms with Crippen molar-refractivity contribution in [3.05, 3.63) is 11.8 Å².